The van der Waals surface area contributed by atoms with E-state index in [2.05, 4.69) is 113 Å². The second-order valence-corrected chi connectivity index (χ2v) is 12.8. The molecule has 2 fully saturated rings. The molecular formula is C34H37FeN2O2P+2. The van der Waals surface area contributed by atoms with E-state index in [9.17, 15) is 0 Å². The maximum Gasteiger partial charge on any atom is 2.00 e. The van der Waals surface area contributed by atoms with E-state index in [0.29, 0.717) is 24.5 Å². The Kier molecular flexibility index (Phi) is 11.7. The molecule has 40 heavy (non-hydrogen) atoms. The van der Waals surface area contributed by atoms with E-state index in [0.717, 1.165) is 30.2 Å². The smallest absolute Gasteiger partial charge is 0.478 e. The van der Waals surface area contributed by atoms with Gasteiger partial charge in [0.25, 0.3) is 0 Å². The van der Waals surface area contributed by atoms with Gasteiger partial charge in [-0.15, -0.1) is 0 Å². The van der Waals surface area contributed by atoms with Crippen molar-refractivity contribution in [2.45, 2.75) is 39.8 Å². The van der Waals surface area contributed by atoms with Crippen LogP contribution in [0.3, 0.4) is 0 Å². The molecule has 0 saturated heterocycles. The van der Waals surface area contributed by atoms with Gasteiger partial charge in [-0.1, -0.05) is 88.4 Å². The Morgan fingerprint density at radius 2 is 1.15 bits per heavy atom. The first kappa shape index (κ1) is 31.3. The quantitative estimate of drug-likeness (QED) is 0.286. The Bertz CT molecular complexity index is 1060. The molecule has 2 heterocycles. The first-order chi connectivity index (χ1) is 19.0. The fourth-order valence-corrected chi connectivity index (χ4v) is 7.09. The maximum atomic E-state index is 5.99. The molecule has 2 aromatic carbocycles. The Morgan fingerprint density at radius 3 is 1.65 bits per heavy atom. The molecule has 0 bridgehead atoms. The summed E-state index contributed by atoms with van der Waals surface area (Å²) in [6.07, 6.45) is 14.6. The molecule has 2 aliphatic heterocycles. The molecule has 2 aromatic rings. The van der Waals surface area contributed by atoms with Crippen LogP contribution in [0.5, 0.6) is 0 Å². The molecule has 0 amide bonds. The van der Waals surface area contributed by atoms with Crippen LogP contribution in [0.1, 0.15) is 27.7 Å². The fourth-order valence-electron chi connectivity index (χ4n) is 4.65. The summed E-state index contributed by atoms with van der Waals surface area (Å²) < 4.78 is 11.5. The number of aliphatic imine (C=N–C) groups is 2. The SMILES string of the molecule is CC(C)[C@H]1COC([C]2[CH][CH][CH][CH]2)=N1.CC(C)[C@H]1COC([C]2[CH][CH][CH][C]2P(c2ccccc2)c2ccccc2)=N1.[Fe+2]. The van der Waals surface area contributed by atoms with Crippen LogP contribution < -0.4 is 10.6 Å². The van der Waals surface area contributed by atoms with E-state index in [4.69, 9.17) is 14.5 Å². The fraction of sp³-hybridized carbons (Fsp3) is 0.294. The van der Waals surface area contributed by atoms with Gasteiger partial charge in [-0.05, 0) is 75.3 Å². The van der Waals surface area contributed by atoms with E-state index in [1.165, 1.54) is 16.3 Å². The summed E-state index contributed by atoms with van der Waals surface area (Å²) in [6.45, 7) is 10.2. The largest absolute Gasteiger partial charge is 2.00 e. The zero-order valence-corrected chi connectivity index (χ0v) is 25.5. The molecule has 206 valence electrons. The molecule has 2 saturated carbocycles. The minimum atomic E-state index is -0.636. The molecule has 0 spiro atoms. The zero-order chi connectivity index (χ0) is 27.2. The third kappa shape index (κ3) is 7.58. The van der Waals surface area contributed by atoms with E-state index in [-0.39, 0.29) is 23.1 Å². The van der Waals surface area contributed by atoms with Gasteiger partial charge in [0.15, 0.2) is 11.8 Å². The number of hydrogen-bond donors (Lipinski definition) is 0. The molecule has 0 aromatic heterocycles. The number of benzene rings is 2. The number of hydrogen-bond acceptors (Lipinski definition) is 4. The monoisotopic (exact) mass is 592 g/mol. The van der Waals surface area contributed by atoms with Gasteiger partial charge in [0.2, 0.25) is 0 Å². The molecule has 4 aliphatic rings. The molecule has 2 atom stereocenters. The third-order valence-corrected chi connectivity index (χ3v) is 9.59. The first-order valence-electron chi connectivity index (χ1n) is 13.8. The first-order valence-corrected chi connectivity index (χ1v) is 15.1. The number of rotatable bonds is 7. The van der Waals surface area contributed by atoms with Crippen molar-refractivity contribution in [2.75, 3.05) is 13.2 Å². The number of ether oxygens (including phenoxy) is 2. The van der Waals surface area contributed by atoms with Crippen LogP contribution in [0.4, 0.5) is 0 Å². The summed E-state index contributed by atoms with van der Waals surface area (Å²) in [6, 6.07) is 22.1. The van der Waals surface area contributed by atoms with Gasteiger partial charge >= 0.3 is 17.1 Å². The third-order valence-electron chi connectivity index (χ3n) is 7.09. The van der Waals surface area contributed by atoms with E-state index < -0.39 is 7.92 Å². The second kappa shape index (κ2) is 15.0. The molecule has 6 heteroatoms. The normalized spacial score (nSPS) is 23.5. The Morgan fingerprint density at radius 1 is 0.650 bits per heavy atom. The van der Waals surface area contributed by atoms with Crippen molar-refractivity contribution in [1.82, 2.24) is 0 Å². The molecule has 4 nitrogen and oxygen atoms in total. The van der Waals surface area contributed by atoms with Gasteiger partial charge in [0.05, 0.1) is 23.9 Å². The summed E-state index contributed by atoms with van der Waals surface area (Å²) in [5.74, 6) is 4.92. The number of nitrogens with zero attached hydrogens (tertiary/aromatic N) is 2. The standard InChI is InChI=1S/C23H23NOP.C11H14NO.Fe/c1-17(2)21-16-25-23(24-21)20-14-9-15-22(20)26(18-10-5-3-6-11-18)19-12-7-4-8-13-19;1-8(2)10-7-13-11(12-10)9-5-3-4-6-9;/h3-15,17,21H,16H2,1-2H3;3-6,8,10H,7H2,1-2H3;/q;;+2/t21-;10-;/m11./s1. The zero-order valence-electron chi connectivity index (χ0n) is 23.6. The van der Waals surface area contributed by atoms with Crippen molar-refractivity contribution in [1.29, 1.82) is 0 Å². The van der Waals surface area contributed by atoms with Crippen LogP contribution in [0.25, 0.3) is 0 Å². The molecular weight excluding hydrogens is 555 g/mol. The predicted octanol–water partition coefficient (Wildman–Crippen LogP) is 6.15. The van der Waals surface area contributed by atoms with Gasteiger partial charge in [-0.2, -0.15) is 0 Å². The topological polar surface area (TPSA) is 43.2 Å². The van der Waals surface area contributed by atoms with Crippen molar-refractivity contribution in [2.24, 2.45) is 21.8 Å². The van der Waals surface area contributed by atoms with Crippen molar-refractivity contribution in [3.05, 3.63) is 123 Å². The van der Waals surface area contributed by atoms with Crippen LogP contribution >= 0.6 is 7.92 Å². The minimum absolute atomic E-state index is 0. The van der Waals surface area contributed by atoms with Crippen LogP contribution in [0.15, 0.2) is 70.6 Å². The summed E-state index contributed by atoms with van der Waals surface area (Å²) in [4.78, 5) is 9.39. The van der Waals surface area contributed by atoms with E-state index >= 15 is 0 Å². The van der Waals surface area contributed by atoms with Crippen molar-refractivity contribution >= 4 is 30.3 Å². The van der Waals surface area contributed by atoms with Crippen LogP contribution in [0.2, 0.25) is 0 Å². The van der Waals surface area contributed by atoms with Crippen molar-refractivity contribution in [3.8, 4) is 0 Å². The molecule has 0 unspecified atom stereocenters. The summed E-state index contributed by atoms with van der Waals surface area (Å²) in [5, 5.41) is 2.69. The Hall–Kier alpha value is -1.67. The van der Waals surface area contributed by atoms with Gasteiger partial charge in [0, 0.05) is 5.66 Å². The summed E-state index contributed by atoms with van der Waals surface area (Å²) >= 11 is 0. The molecule has 0 N–H and O–H groups in total. The van der Waals surface area contributed by atoms with Crippen molar-refractivity contribution < 1.29 is 26.5 Å². The van der Waals surface area contributed by atoms with Gasteiger partial charge in [0.1, 0.15) is 13.2 Å². The van der Waals surface area contributed by atoms with E-state index in [1.807, 2.05) is 25.7 Å². The second-order valence-electron chi connectivity index (χ2n) is 10.6. The minimum Gasteiger partial charge on any atom is -0.478 e. The van der Waals surface area contributed by atoms with Crippen LogP contribution in [-0.2, 0) is 26.5 Å². The van der Waals surface area contributed by atoms with Gasteiger partial charge in [-0.25, -0.2) is 9.98 Å². The van der Waals surface area contributed by atoms with Crippen LogP contribution in [-0.4, -0.2) is 37.1 Å². The van der Waals surface area contributed by atoms with Crippen LogP contribution in [0, 0.1) is 74.3 Å². The molecule has 6 rings (SSSR count). The predicted molar refractivity (Wildman–Crippen MR) is 163 cm³/mol. The van der Waals surface area contributed by atoms with Crippen molar-refractivity contribution in [3.63, 3.8) is 0 Å². The average molecular weight is 593 g/mol. The average Bonchev–Trinajstić information content (AvgIpc) is 3.76. The van der Waals surface area contributed by atoms with E-state index in [1.54, 1.807) is 0 Å². The summed E-state index contributed by atoms with van der Waals surface area (Å²) in [5.41, 5.74) is 1.32. The van der Waals surface area contributed by atoms with Gasteiger partial charge in [-0.3, -0.25) is 0 Å². The summed E-state index contributed by atoms with van der Waals surface area (Å²) in [7, 11) is -0.636. The molecule has 10 radical (unpaired) electrons. The Balaban J connectivity index is 0.000000223. The maximum absolute atomic E-state index is 5.99. The van der Waals surface area contributed by atoms with Gasteiger partial charge < -0.3 is 9.47 Å². The molecule has 2 aliphatic carbocycles. The Labute approximate surface area is 254 Å².